The average molecular weight is 566 g/mol. The molecule has 1 amide bonds. The minimum Gasteiger partial charge on any atom is -0.495 e. The van der Waals surface area contributed by atoms with E-state index >= 15 is 0 Å². The van der Waals surface area contributed by atoms with Gasteiger partial charge in [-0.1, -0.05) is 51.8 Å². The van der Waals surface area contributed by atoms with Crippen molar-refractivity contribution in [2.24, 2.45) is 0 Å². The number of aryl methyl sites for hydroxylation is 2. The van der Waals surface area contributed by atoms with Crippen LogP contribution in [-0.4, -0.2) is 28.0 Å². The molecule has 34 heavy (non-hydrogen) atoms. The maximum Gasteiger partial charge on any atom is 0.268 e. The average Bonchev–Trinajstić information content (AvgIpc) is 2.79. The highest BCUT2D eigenvalue weighted by Gasteiger charge is 2.31. The van der Waals surface area contributed by atoms with Crippen LogP contribution >= 0.6 is 27.5 Å². The summed E-state index contributed by atoms with van der Waals surface area (Å²) in [6.45, 7) is 5.02. The molecule has 0 aliphatic rings. The number of rotatable bonds is 8. The fourth-order valence-electron chi connectivity index (χ4n) is 3.41. The van der Waals surface area contributed by atoms with Gasteiger partial charge >= 0.3 is 0 Å². The Balaban J connectivity index is 1.99. The normalized spacial score (nSPS) is 12.2. The summed E-state index contributed by atoms with van der Waals surface area (Å²) in [4.78, 5) is 13.0. The number of nitrogens with zero attached hydrogens (tertiary/aromatic N) is 1. The van der Waals surface area contributed by atoms with Gasteiger partial charge in [-0.05, 0) is 73.9 Å². The minimum absolute atomic E-state index is 0.0274. The van der Waals surface area contributed by atoms with Gasteiger partial charge < -0.3 is 10.1 Å². The molecule has 6 nitrogen and oxygen atoms in total. The Bertz CT molecular complexity index is 1300. The smallest absolute Gasteiger partial charge is 0.268 e. The van der Waals surface area contributed by atoms with Crippen LogP contribution in [0.3, 0.4) is 0 Å². The van der Waals surface area contributed by atoms with Crippen molar-refractivity contribution < 1.29 is 17.9 Å². The maximum absolute atomic E-state index is 13.8. The summed E-state index contributed by atoms with van der Waals surface area (Å²) in [6.07, 6.45) is 0. The summed E-state index contributed by atoms with van der Waals surface area (Å²) in [5, 5.41) is 3.28. The number of methoxy groups -OCH3 is 1. The lowest BCUT2D eigenvalue weighted by atomic mass is 10.1. The third kappa shape index (κ3) is 5.92. The van der Waals surface area contributed by atoms with Crippen molar-refractivity contribution in [1.29, 1.82) is 0 Å². The Kier molecular flexibility index (Phi) is 8.28. The number of halogens is 2. The molecule has 1 atom stereocenters. The number of hydrogen-bond acceptors (Lipinski definition) is 4. The molecular weight excluding hydrogens is 540 g/mol. The van der Waals surface area contributed by atoms with Crippen molar-refractivity contribution in [3.63, 3.8) is 0 Å². The SMILES string of the molecule is COc1ccc(C)cc1S(=O)(=O)N(CC(=O)N[C@@H](C)c1ccc(Br)cc1)c1ccc(C)c(Cl)c1. The Morgan fingerprint density at radius 3 is 2.38 bits per heavy atom. The summed E-state index contributed by atoms with van der Waals surface area (Å²) >= 11 is 9.69. The van der Waals surface area contributed by atoms with Gasteiger partial charge in [-0.15, -0.1) is 0 Å². The minimum atomic E-state index is -4.17. The van der Waals surface area contributed by atoms with E-state index in [1.54, 1.807) is 37.3 Å². The molecule has 0 bridgehead atoms. The highest BCUT2D eigenvalue weighted by atomic mass is 79.9. The Labute approximate surface area is 214 Å². The fraction of sp³-hybridized carbons (Fsp3) is 0.240. The molecule has 0 aliphatic carbocycles. The van der Waals surface area contributed by atoms with Crippen molar-refractivity contribution in [3.8, 4) is 5.75 Å². The van der Waals surface area contributed by atoms with Gasteiger partial charge in [-0.25, -0.2) is 8.42 Å². The van der Waals surface area contributed by atoms with Crippen molar-refractivity contribution >= 4 is 49.1 Å². The van der Waals surface area contributed by atoms with Crippen LogP contribution in [0.1, 0.15) is 29.7 Å². The van der Waals surface area contributed by atoms with E-state index in [0.29, 0.717) is 5.02 Å². The van der Waals surface area contributed by atoms with Crippen LogP contribution in [0.15, 0.2) is 70.0 Å². The standard InChI is InChI=1S/C25H26BrClN2O4S/c1-16-5-12-23(33-4)24(13-16)34(31,32)29(21-11-6-17(2)22(27)14-21)15-25(30)28-18(3)19-7-9-20(26)10-8-19/h5-14,18H,15H2,1-4H3,(H,28,30)/t18-/m0/s1. The molecule has 3 aromatic rings. The molecule has 0 heterocycles. The summed E-state index contributed by atoms with van der Waals surface area (Å²) < 4.78 is 34.9. The van der Waals surface area contributed by atoms with E-state index < -0.39 is 22.5 Å². The molecule has 0 spiro atoms. The quantitative estimate of drug-likeness (QED) is 0.375. The van der Waals surface area contributed by atoms with Gasteiger partial charge in [0.15, 0.2) is 0 Å². The number of ether oxygens (including phenoxy) is 1. The molecular formula is C25H26BrClN2O4S. The Morgan fingerprint density at radius 1 is 1.09 bits per heavy atom. The molecule has 0 fully saturated rings. The number of benzene rings is 3. The van der Waals surface area contributed by atoms with Gasteiger partial charge in [-0.2, -0.15) is 0 Å². The number of nitrogens with one attached hydrogen (secondary N) is 1. The van der Waals surface area contributed by atoms with Crippen LogP contribution in [-0.2, 0) is 14.8 Å². The van der Waals surface area contributed by atoms with E-state index in [4.69, 9.17) is 16.3 Å². The highest BCUT2D eigenvalue weighted by Crippen LogP contribution is 2.32. The molecule has 3 rings (SSSR count). The molecule has 0 radical (unpaired) electrons. The maximum atomic E-state index is 13.8. The number of hydrogen-bond donors (Lipinski definition) is 1. The second kappa shape index (κ2) is 10.8. The monoisotopic (exact) mass is 564 g/mol. The first-order chi connectivity index (χ1) is 16.0. The number of amides is 1. The first-order valence-electron chi connectivity index (χ1n) is 10.5. The van der Waals surface area contributed by atoms with Crippen LogP contribution in [0.5, 0.6) is 5.75 Å². The van der Waals surface area contributed by atoms with Crippen molar-refractivity contribution in [2.45, 2.75) is 31.7 Å². The van der Waals surface area contributed by atoms with Crippen LogP contribution in [0.25, 0.3) is 0 Å². The van der Waals surface area contributed by atoms with Crippen LogP contribution < -0.4 is 14.4 Å². The predicted octanol–water partition coefficient (Wildman–Crippen LogP) is 5.80. The molecule has 9 heteroatoms. The van der Waals surface area contributed by atoms with E-state index in [1.165, 1.54) is 13.2 Å². The van der Waals surface area contributed by atoms with Gasteiger partial charge in [0.1, 0.15) is 17.2 Å². The zero-order valence-corrected chi connectivity index (χ0v) is 22.5. The third-order valence-electron chi connectivity index (χ3n) is 5.37. The van der Waals surface area contributed by atoms with E-state index in [9.17, 15) is 13.2 Å². The van der Waals surface area contributed by atoms with Gasteiger partial charge in [0.05, 0.1) is 18.8 Å². The van der Waals surface area contributed by atoms with Gasteiger partial charge in [0.2, 0.25) is 5.91 Å². The molecule has 0 saturated carbocycles. The number of carbonyl (C=O) groups excluding carboxylic acids is 1. The number of anilines is 1. The van der Waals surface area contributed by atoms with Crippen LogP contribution in [0.4, 0.5) is 5.69 Å². The molecule has 0 unspecified atom stereocenters. The second-order valence-corrected chi connectivity index (χ2v) is 11.1. The summed E-state index contributed by atoms with van der Waals surface area (Å²) in [5.41, 5.74) is 2.72. The lowest BCUT2D eigenvalue weighted by molar-refractivity contribution is -0.120. The van der Waals surface area contributed by atoms with Crippen molar-refractivity contribution in [1.82, 2.24) is 5.32 Å². The second-order valence-electron chi connectivity index (χ2n) is 7.94. The van der Waals surface area contributed by atoms with Crippen LogP contribution in [0.2, 0.25) is 5.02 Å². The molecule has 1 N–H and O–H groups in total. The first-order valence-corrected chi connectivity index (χ1v) is 13.1. The Morgan fingerprint density at radius 2 is 1.76 bits per heavy atom. The van der Waals surface area contributed by atoms with Gasteiger partial charge in [0, 0.05) is 9.50 Å². The van der Waals surface area contributed by atoms with E-state index in [1.807, 2.05) is 38.1 Å². The lowest BCUT2D eigenvalue weighted by Gasteiger charge is -2.26. The summed E-state index contributed by atoms with van der Waals surface area (Å²) in [6, 6.07) is 17.0. The fourth-order valence-corrected chi connectivity index (χ4v) is 5.50. The third-order valence-corrected chi connectivity index (χ3v) is 8.10. The van der Waals surface area contributed by atoms with Crippen LogP contribution in [0, 0.1) is 13.8 Å². The lowest BCUT2D eigenvalue weighted by Crippen LogP contribution is -2.41. The zero-order valence-electron chi connectivity index (χ0n) is 19.3. The Hall–Kier alpha value is -2.55. The van der Waals surface area contributed by atoms with Crippen molar-refractivity contribution in [3.05, 3.63) is 86.8 Å². The number of sulfonamides is 1. The summed E-state index contributed by atoms with van der Waals surface area (Å²) in [7, 11) is -2.76. The van der Waals surface area contributed by atoms with E-state index in [-0.39, 0.29) is 22.4 Å². The van der Waals surface area contributed by atoms with Crippen molar-refractivity contribution in [2.75, 3.05) is 18.0 Å². The first kappa shape index (κ1) is 26.1. The number of carbonyl (C=O) groups is 1. The highest BCUT2D eigenvalue weighted by molar-refractivity contribution is 9.10. The summed E-state index contributed by atoms with van der Waals surface area (Å²) in [5.74, 6) is -0.264. The zero-order chi connectivity index (χ0) is 25.0. The molecule has 0 aromatic heterocycles. The molecule has 180 valence electrons. The molecule has 3 aromatic carbocycles. The topological polar surface area (TPSA) is 75.7 Å². The largest absolute Gasteiger partial charge is 0.495 e. The predicted molar refractivity (Wildman–Crippen MR) is 139 cm³/mol. The van der Waals surface area contributed by atoms with Gasteiger partial charge in [0.25, 0.3) is 10.0 Å². The molecule has 0 aliphatic heterocycles. The molecule has 0 saturated heterocycles. The van der Waals surface area contributed by atoms with E-state index in [0.717, 1.165) is 25.5 Å². The van der Waals surface area contributed by atoms with E-state index in [2.05, 4.69) is 21.2 Å². The van der Waals surface area contributed by atoms with Gasteiger partial charge in [-0.3, -0.25) is 9.10 Å².